The molecule has 1 N–H and O–H groups in total. The number of carbonyl (C=O) groups is 3. The van der Waals surface area contributed by atoms with Crippen LogP contribution < -0.4 is 5.32 Å². The number of esters is 2. The summed E-state index contributed by atoms with van der Waals surface area (Å²) in [5.41, 5.74) is -1.32. The summed E-state index contributed by atoms with van der Waals surface area (Å²) in [6, 6.07) is 9.21. The lowest BCUT2D eigenvalue weighted by Crippen LogP contribution is -2.23. The lowest BCUT2D eigenvalue weighted by Gasteiger charge is -2.19. The molecule has 0 saturated carbocycles. The van der Waals surface area contributed by atoms with Gasteiger partial charge in [-0.05, 0) is 64.1 Å². The van der Waals surface area contributed by atoms with Crippen molar-refractivity contribution in [3.05, 3.63) is 70.9 Å². The molecule has 1 aromatic heterocycles. The van der Waals surface area contributed by atoms with E-state index in [0.717, 1.165) is 12.1 Å². The van der Waals surface area contributed by atoms with Crippen molar-refractivity contribution < 1.29 is 32.6 Å². The molecule has 3 rings (SSSR count). The fraction of sp³-hybridized carbons (Fsp3) is 0.240. The molecule has 1 heterocycles. The highest BCUT2D eigenvalue weighted by molar-refractivity contribution is 6.02. The van der Waals surface area contributed by atoms with Crippen LogP contribution >= 0.6 is 0 Å². The van der Waals surface area contributed by atoms with E-state index in [1.165, 1.54) is 30.3 Å². The van der Waals surface area contributed by atoms with Crippen LogP contribution in [0.15, 0.2) is 42.5 Å². The first-order valence-electron chi connectivity index (χ1n) is 10.6. The van der Waals surface area contributed by atoms with Gasteiger partial charge in [-0.1, -0.05) is 6.07 Å². The SMILES string of the molecule is CCOC(=O)c1c(C=O)nc(-c2c(F)cccc2F)nc1Nc1ccc(C(=O)OC(C)(C)C)cc1. The first-order valence-corrected chi connectivity index (χ1v) is 10.6. The quantitative estimate of drug-likeness (QED) is 0.365. The fourth-order valence-electron chi connectivity index (χ4n) is 3.04. The molecule has 0 aliphatic carbocycles. The largest absolute Gasteiger partial charge is 0.462 e. The number of benzene rings is 2. The van der Waals surface area contributed by atoms with Crippen LogP contribution in [0.2, 0.25) is 0 Å². The Labute approximate surface area is 200 Å². The molecule has 0 amide bonds. The molecule has 0 radical (unpaired) electrons. The summed E-state index contributed by atoms with van der Waals surface area (Å²) < 4.78 is 39.1. The number of nitrogens with one attached hydrogen (secondary N) is 1. The Morgan fingerprint density at radius 2 is 1.63 bits per heavy atom. The fourth-order valence-corrected chi connectivity index (χ4v) is 3.04. The van der Waals surface area contributed by atoms with Gasteiger partial charge in [0.2, 0.25) is 0 Å². The Bertz CT molecular complexity index is 1250. The lowest BCUT2D eigenvalue weighted by molar-refractivity contribution is 0.00692. The second-order valence-corrected chi connectivity index (χ2v) is 8.30. The molecule has 0 spiro atoms. The Morgan fingerprint density at radius 3 is 2.17 bits per heavy atom. The molecule has 2 aromatic carbocycles. The smallest absolute Gasteiger partial charge is 0.344 e. The van der Waals surface area contributed by atoms with E-state index in [4.69, 9.17) is 9.47 Å². The van der Waals surface area contributed by atoms with Crippen molar-refractivity contribution in [1.29, 1.82) is 0 Å². The predicted molar refractivity (Wildman–Crippen MR) is 124 cm³/mol. The van der Waals surface area contributed by atoms with Crippen LogP contribution in [0.1, 0.15) is 58.9 Å². The van der Waals surface area contributed by atoms with Crippen molar-refractivity contribution in [2.24, 2.45) is 0 Å². The summed E-state index contributed by atoms with van der Waals surface area (Å²) in [5, 5.41) is 2.84. The molecule has 0 unspecified atom stereocenters. The molecule has 0 bridgehead atoms. The standard InChI is InChI=1S/C25H23F2N3O5/c1-5-34-24(33)20-18(13-31)29-21(19-16(26)7-6-8-17(19)27)30-22(20)28-15-11-9-14(10-12-15)23(32)35-25(2,3)4/h6-13H,5H2,1-4H3,(H,28,29,30). The Balaban J connectivity index is 2.07. The second kappa shape index (κ2) is 10.4. The monoisotopic (exact) mass is 483 g/mol. The van der Waals surface area contributed by atoms with Gasteiger partial charge >= 0.3 is 11.9 Å². The molecule has 0 fully saturated rings. The van der Waals surface area contributed by atoms with Crippen LogP contribution in [0.25, 0.3) is 11.4 Å². The number of aromatic nitrogens is 2. The van der Waals surface area contributed by atoms with Crippen LogP contribution in [0, 0.1) is 11.6 Å². The Kier molecular flexibility index (Phi) is 7.53. The third-order valence-corrected chi connectivity index (χ3v) is 4.50. The number of hydrogen-bond donors (Lipinski definition) is 1. The molecule has 10 heteroatoms. The van der Waals surface area contributed by atoms with Gasteiger partial charge in [0.15, 0.2) is 12.1 Å². The number of hydrogen-bond acceptors (Lipinski definition) is 8. The highest BCUT2D eigenvalue weighted by atomic mass is 19.1. The number of halogens is 2. The molecule has 0 aliphatic rings. The van der Waals surface area contributed by atoms with Gasteiger partial charge in [-0.25, -0.2) is 28.3 Å². The van der Waals surface area contributed by atoms with E-state index >= 15 is 0 Å². The van der Waals surface area contributed by atoms with E-state index in [1.807, 2.05) is 0 Å². The van der Waals surface area contributed by atoms with E-state index < -0.39 is 46.3 Å². The zero-order chi connectivity index (χ0) is 25.8. The highest BCUT2D eigenvalue weighted by Crippen LogP contribution is 2.29. The first kappa shape index (κ1) is 25.4. The van der Waals surface area contributed by atoms with Crippen molar-refractivity contribution in [1.82, 2.24) is 9.97 Å². The van der Waals surface area contributed by atoms with Crippen molar-refractivity contribution >= 4 is 29.7 Å². The minimum atomic E-state index is -0.946. The van der Waals surface area contributed by atoms with Gasteiger partial charge < -0.3 is 14.8 Å². The van der Waals surface area contributed by atoms with Crippen LogP contribution in [0.4, 0.5) is 20.3 Å². The van der Waals surface area contributed by atoms with Crippen LogP contribution in [0.5, 0.6) is 0 Å². The van der Waals surface area contributed by atoms with Gasteiger partial charge in [0.25, 0.3) is 0 Å². The maximum absolute atomic E-state index is 14.4. The van der Waals surface area contributed by atoms with Crippen molar-refractivity contribution in [3.8, 4) is 11.4 Å². The van der Waals surface area contributed by atoms with Gasteiger partial charge in [-0.2, -0.15) is 0 Å². The minimum absolute atomic E-state index is 0.00481. The van der Waals surface area contributed by atoms with E-state index in [9.17, 15) is 23.2 Å². The summed E-state index contributed by atoms with van der Waals surface area (Å²) in [5.74, 6) is -3.97. The molecule has 35 heavy (non-hydrogen) atoms. The van der Waals surface area contributed by atoms with Crippen molar-refractivity contribution in [2.75, 3.05) is 11.9 Å². The minimum Gasteiger partial charge on any atom is -0.462 e. The van der Waals surface area contributed by atoms with Gasteiger partial charge in [0.1, 0.15) is 34.3 Å². The zero-order valence-electron chi connectivity index (χ0n) is 19.5. The van der Waals surface area contributed by atoms with E-state index in [2.05, 4.69) is 15.3 Å². The summed E-state index contributed by atoms with van der Waals surface area (Å²) >= 11 is 0. The lowest BCUT2D eigenvalue weighted by atomic mass is 10.1. The third-order valence-electron chi connectivity index (χ3n) is 4.50. The second-order valence-electron chi connectivity index (χ2n) is 8.30. The number of carbonyl (C=O) groups excluding carboxylic acids is 3. The number of nitrogens with zero attached hydrogens (tertiary/aromatic N) is 2. The molecule has 8 nitrogen and oxygen atoms in total. The van der Waals surface area contributed by atoms with E-state index in [-0.39, 0.29) is 29.8 Å². The third kappa shape index (κ3) is 6.03. The highest BCUT2D eigenvalue weighted by Gasteiger charge is 2.25. The maximum atomic E-state index is 14.4. The summed E-state index contributed by atoms with van der Waals surface area (Å²) in [6.45, 7) is 6.81. The van der Waals surface area contributed by atoms with Gasteiger partial charge in [-0.3, -0.25) is 4.79 Å². The molecular weight excluding hydrogens is 460 g/mol. The number of rotatable bonds is 7. The van der Waals surface area contributed by atoms with Crippen LogP contribution in [-0.2, 0) is 9.47 Å². The molecular formula is C25H23F2N3O5. The summed E-state index contributed by atoms with van der Waals surface area (Å²) in [4.78, 5) is 44.6. The average molecular weight is 483 g/mol. The molecule has 0 aliphatic heterocycles. The van der Waals surface area contributed by atoms with Gasteiger partial charge in [-0.15, -0.1) is 0 Å². The van der Waals surface area contributed by atoms with Gasteiger partial charge in [0.05, 0.1) is 17.7 Å². The summed E-state index contributed by atoms with van der Waals surface area (Å²) in [6.07, 6.45) is 0.271. The molecule has 0 atom stereocenters. The molecule has 3 aromatic rings. The normalized spacial score (nSPS) is 11.0. The molecule has 0 saturated heterocycles. The van der Waals surface area contributed by atoms with Crippen molar-refractivity contribution in [3.63, 3.8) is 0 Å². The Morgan fingerprint density at radius 1 is 1.00 bits per heavy atom. The number of ether oxygens (including phenoxy) is 2. The van der Waals surface area contributed by atoms with Crippen LogP contribution in [0.3, 0.4) is 0 Å². The topological polar surface area (TPSA) is 107 Å². The Hall–Kier alpha value is -4.21. The van der Waals surface area contributed by atoms with Crippen molar-refractivity contribution in [2.45, 2.75) is 33.3 Å². The van der Waals surface area contributed by atoms with Crippen LogP contribution in [-0.4, -0.2) is 40.4 Å². The van der Waals surface area contributed by atoms with E-state index in [1.54, 1.807) is 27.7 Å². The first-order chi connectivity index (χ1) is 16.5. The zero-order valence-corrected chi connectivity index (χ0v) is 19.5. The van der Waals surface area contributed by atoms with E-state index in [0.29, 0.717) is 5.69 Å². The number of aldehydes is 1. The average Bonchev–Trinajstić information content (AvgIpc) is 2.78. The maximum Gasteiger partial charge on any atom is 0.344 e. The molecule has 182 valence electrons. The predicted octanol–water partition coefficient (Wildman–Crippen LogP) is 5.11. The van der Waals surface area contributed by atoms with Gasteiger partial charge in [0, 0.05) is 5.69 Å². The number of anilines is 2. The summed E-state index contributed by atoms with van der Waals surface area (Å²) in [7, 11) is 0.